The molecule has 0 atom stereocenters. The van der Waals surface area contributed by atoms with Crippen LogP contribution in [0.15, 0.2) is 29.9 Å². The van der Waals surface area contributed by atoms with Crippen molar-refractivity contribution in [3.05, 3.63) is 46.2 Å². The number of thiophene rings is 1. The molecule has 3 aromatic heterocycles. The predicted octanol–water partition coefficient (Wildman–Crippen LogP) is 3.22. The maximum absolute atomic E-state index is 13.3. The van der Waals surface area contributed by atoms with Crippen LogP contribution >= 0.6 is 11.3 Å². The second kappa shape index (κ2) is 6.35. The molecular weight excluding hydrogens is 367 g/mol. The van der Waals surface area contributed by atoms with Crippen LogP contribution in [0.25, 0.3) is 5.78 Å². The Morgan fingerprint density at radius 1 is 1.27 bits per heavy atom. The van der Waals surface area contributed by atoms with E-state index in [0.29, 0.717) is 41.0 Å². The molecule has 0 saturated carbocycles. The number of carbonyl (C=O) groups excluding carboxylic acids is 1. The highest BCUT2D eigenvalue weighted by atomic mass is 32.1. The molecule has 0 N–H and O–H groups in total. The number of amides is 1. The summed E-state index contributed by atoms with van der Waals surface area (Å²) < 4.78 is 40.6. The number of aromatic nitrogens is 4. The first-order valence-corrected chi connectivity index (χ1v) is 8.92. The van der Waals surface area contributed by atoms with E-state index in [-0.39, 0.29) is 17.6 Å². The molecule has 0 radical (unpaired) electrons. The molecule has 10 heteroatoms. The van der Waals surface area contributed by atoms with Crippen LogP contribution in [0.4, 0.5) is 13.2 Å². The molecule has 0 bridgehead atoms. The number of piperidine rings is 1. The third kappa shape index (κ3) is 3.05. The van der Waals surface area contributed by atoms with E-state index >= 15 is 0 Å². The highest BCUT2D eigenvalue weighted by Gasteiger charge is 2.36. The van der Waals surface area contributed by atoms with Gasteiger partial charge in [0.2, 0.25) is 0 Å². The second-order valence-corrected chi connectivity index (χ2v) is 7.03. The maximum atomic E-state index is 13.3. The Bertz CT molecular complexity index is 929. The quantitative estimate of drug-likeness (QED) is 0.684. The number of hydrogen-bond acceptors (Lipinski definition) is 5. The molecule has 1 amide bonds. The first-order valence-electron chi connectivity index (χ1n) is 8.04. The Labute approximate surface area is 150 Å². The highest BCUT2D eigenvalue weighted by Crippen LogP contribution is 2.33. The summed E-state index contributed by atoms with van der Waals surface area (Å²) in [6.07, 6.45) is -2.36. The molecule has 4 rings (SSSR count). The average Bonchev–Trinajstić information content (AvgIpc) is 3.31. The number of likely N-dealkylation sites (tertiary alicyclic amines) is 1. The number of carbonyl (C=O) groups is 1. The smallest absolute Gasteiger partial charge is 0.338 e. The van der Waals surface area contributed by atoms with E-state index in [2.05, 4.69) is 15.1 Å². The van der Waals surface area contributed by atoms with Gasteiger partial charge in [-0.3, -0.25) is 4.79 Å². The van der Waals surface area contributed by atoms with Crippen molar-refractivity contribution in [2.45, 2.75) is 24.9 Å². The van der Waals surface area contributed by atoms with E-state index in [1.165, 1.54) is 11.3 Å². The average molecular weight is 381 g/mol. The molecule has 1 aliphatic rings. The summed E-state index contributed by atoms with van der Waals surface area (Å²) in [6, 6.07) is 4.64. The number of rotatable bonds is 2. The molecule has 6 nitrogen and oxygen atoms in total. The third-order valence-electron chi connectivity index (χ3n) is 4.49. The molecular formula is C16H14F3N5OS. The lowest BCUT2D eigenvalue weighted by atomic mass is 9.92. The zero-order valence-electron chi connectivity index (χ0n) is 13.5. The SMILES string of the molecule is O=C(c1cccs1)N1CCC(c2cc(C(F)(F)F)n3ncnc3n2)CC1. The van der Waals surface area contributed by atoms with Crippen molar-refractivity contribution in [3.63, 3.8) is 0 Å². The van der Waals surface area contributed by atoms with E-state index in [0.717, 1.165) is 12.4 Å². The van der Waals surface area contributed by atoms with E-state index in [1.54, 1.807) is 11.0 Å². The fourth-order valence-electron chi connectivity index (χ4n) is 3.18. The summed E-state index contributed by atoms with van der Waals surface area (Å²) >= 11 is 1.38. The molecule has 3 aromatic rings. The van der Waals surface area contributed by atoms with Gasteiger partial charge < -0.3 is 4.90 Å². The van der Waals surface area contributed by atoms with Gasteiger partial charge in [0.1, 0.15) is 6.33 Å². The van der Waals surface area contributed by atoms with Gasteiger partial charge >= 0.3 is 6.18 Å². The maximum Gasteiger partial charge on any atom is 0.433 e. The summed E-state index contributed by atoms with van der Waals surface area (Å²) in [5.74, 6) is -0.243. The van der Waals surface area contributed by atoms with Gasteiger partial charge in [-0.25, -0.2) is 4.98 Å². The lowest BCUT2D eigenvalue weighted by Crippen LogP contribution is -2.37. The zero-order valence-corrected chi connectivity index (χ0v) is 14.3. The molecule has 0 spiro atoms. The van der Waals surface area contributed by atoms with Crippen molar-refractivity contribution < 1.29 is 18.0 Å². The summed E-state index contributed by atoms with van der Waals surface area (Å²) in [7, 11) is 0. The van der Waals surface area contributed by atoms with Crippen molar-refractivity contribution in [2.75, 3.05) is 13.1 Å². The molecule has 0 aliphatic carbocycles. The molecule has 1 saturated heterocycles. The Hall–Kier alpha value is -2.49. The molecule has 26 heavy (non-hydrogen) atoms. The van der Waals surface area contributed by atoms with Crippen LogP contribution in [0.3, 0.4) is 0 Å². The fraction of sp³-hybridized carbons (Fsp3) is 0.375. The van der Waals surface area contributed by atoms with Gasteiger partial charge in [0.05, 0.1) is 4.88 Å². The second-order valence-electron chi connectivity index (χ2n) is 6.08. The van der Waals surface area contributed by atoms with Crippen LogP contribution in [0.1, 0.15) is 39.8 Å². The summed E-state index contributed by atoms with van der Waals surface area (Å²) in [5.41, 5.74) is -0.534. The molecule has 136 valence electrons. The van der Waals surface area contributed by atoms with Crippen molar-refractivity contribution in [1.82, 2.24) is 24.5 Å². The van der Waals surface area contributed by atoms with Crippen molar-refractivity contribution in [1.29, 1.82) is 0 Å². The molecule has 4 heterocycles. The van der Waals surface area contributed by atoms with E-state index in [1.807, 2.05) is 11.4 Å². The van der Waals surface area contributed by atoms with Crippen molar-refractivity contribution >= 4 is 23.0 Å². The largest absolute Gasteiger partial charge is 0.433 e. The lowest BCUT2D eigenvalue weighted by Gasteiger charge is -2.31. The van der Waals surface area contributed by atoms with Crippen LogP contribution in [0.5, 0.6) is 0 Å². The van der Waals surface area contributed by atoms with Gasteiger partial charge in [0, 0.05) is 24.7 Å². The van der Waals surface area contributed by atoms with Gasteiger partial charge in [0.25, 0.3) is 11.7 Å². The van der Waals surface area contributed by atoms with Crippen LogP contribution in [0.2, 0.25) is 0 Å². The van der Waals surface area contributed by atoms with Crippen LogP contribution < -0.4 is 0 Å². The number of nitrogens with zero attached hydrogens (tertiary/aromatic N) is 5. The van der Waals surface area contributed by atoms with Gasteiger partial charge in [-0.1, -0.05) is 6.07 Å². The molecule has 1 aliphatic heterocycles. The Morgan fingerprint density at radius 3 is 2.69 bits per heavy atom. The number of alkyl halides is 3. The van der Waals surface area contributed by atoms with Gasteiger partial charge in [0.15, 0.2) is 5.69 Å². The Balaban J connectivity index is 1.55. The number of halogens is 3. The standard InChI is InChI=1S/C16H14F3N5OS/c17-16(18,19)13-8-11(22-15-20-9-21-24(13)15)10-3-5-23(6-4-10)14(25)12-2-1-7-26-12/h1-2,7-10H,3-6H2. The van der Waals surface area contributed by atoms with E-state index in [9.17, 15) is 18.0 Å². The summed E-state index contributed by atoms with van der Waals surface area (Å²) in [5, 5.41) is 5.45. The summed E-state index contributed by atoms with van der Waals surface area (Å²) in [4.78, 5) is 22.8. The third-order valence-corrected chi connectivity index (χ3v) is 5.35. The van der Waals surface area contributed by atoms with Crippen LogP contribution in [-0.2, 0) is 6.18 Å². The van der Waals surface area contributed by atoms with E-state index < -0.39 is 11.9 Å². The first-order chi connectivity index (χ1) is 12.4. The number of hydrogen-bond donors (Lipinski definition) is 0. The predicted molar refractivity (Wildman–Crippen MR) is 88.0 cm³/mol. The minimum Gasteiger partial charge on any atom is -0.338 e. The van der Waals surface area contributed by atoms with Crippen molar-refractivity contribution in [2.24, 2.45) is 0 Å². The first kappa shape index (κ1) is 17.0. The van der Waals surface area contributed by atoms with E-state index in [4.69, 9.17) is 0 Å². The highest BCUT2D eigenvalue weighted by molar-refractivity contribution is 7.12. The summed E-state index contributed by atoms with van der Waals surface area (Å²) in [6.45, 7) is 0.977. The molecule has 0 aromatic carbocycles. The fourth-order valence-corrected chi connectivity index (χ4v) is 3.87. The van der Waals surface area contributed by atoms with Crippen LogP contribution in [-0.4, -0.2) is 43.5 Å². The zero-order chi connectivity index (χ0) is 18.3. The van der Waals surface area contributed by atoms with Gasteiger partial charge in [-0.05, 0) is 30.4 Å². The molecule has 0 unspecified atom stereocenters. The molecule has 1 fully saturated rings. The Kier molecular flexibility index (Phi) is 4.14. The van der Waals surface area contributed by atoms with Crippen molar-refractivity contribution in [3.8, 4) is 0 Å². The lowest BCUT2D eigenvalue weighted by molar-refractivity contribution is -0.142. The monoisotopic (exact) mass is 381 g/mol. The van der Waals surface area contributed by atoms with Gasteiger partial charge in [-0.15, -0.1) is 11.3 Å². The van der Waals surface area contributed by atoms with Crippen LogP contribution in [0, 0.1) is 0 Å². The van der Waals surface area contributed by atoms with Gasteiger partial charge in [-0.2, -0.15) is 27.8 Å². The minimum atomic E-state index is -4.54. The normalized spacial score (nSPS) is 16.3. The minimum absolute atomic E-state index is 0.0321. The topological polar surface area (TPSA) is 63.4 Å². The Morgan fingerprint density at radius 2 is 2.04 bits per heavy atom. The number of fused-ring (bicyclic) bond motifs is 1.